The number of aliphatic hydroxyl groups is 1. The van der Waals surface area contributed by atoms with E-state index in [-0.39, 0.29) is 17.4 Å². The SMILES string of the molecule is CC(=O)N(C)[C@H]1CC[C@@]2(C)[C@@H](CC[C@]3(C)[C@@H]2CC[C@@]2(C)[C@H]3CC[C@@H]2c2ccc3ccccc3c2)C1.CN[C@H]1CC[C@@]2(C)[C@@H](CC[C@@H]3[C@@H]2CC[C@]2(C)C(c4ccc5ccccc5c4)=CC[C@@H]32)C1.CN[C@H]1CC[C@@]2(C)[C@@H](CC[C@@H]3[C@@H]2CC[C@]2(C)[C@@H](c4ccc5ccccc5c4)CC[C@@H]32)C1.C[C@]12CC[C@H](O)CC1=CC[C@@H]1C2CC[C@]2(C)C(c3ccc4cnccc4c3)=CC[C@@H]12. The number of hydrogen-bond donors (Lipinski definition) is 3. The molecular weight excluding hydrogens is 1540 g/mol. The van der Waals surface area contributed by atoms with E-state index in [1.807, 2.05) is 24.3 Å². The molecule has 29 atom stereocenters. The summed E-state index contributed by atoms with van der Waals surface area (Å²) in [4.78, 5) is 18.4. The first-order valence-electron chi connectivity index (χ1n) is 52.4. The average Bonchev–Trinajstić information content (AvgIpc) is 1.58. The Morgan fingerprint density at radius 2 is 0.843 bits per heavy atom. The van der Waals surface area contributed by atoms with Gasteiger partial charge in [-0.1, -0.05) is 220 Å². The molecule has 1 aromatic heterocycles. The van der Waals surface area contributed by atoms with Crippen molar-refractivity contribution in [2.75, 3.05) is 21.1 Å². The maximum atomic E-state index is 12.1. The largest absolute Gasteiger partial charge is 0.393 e. The summed E-state index contributed by atoms with van der Waals surface area (Å²) in [6, 6.07) is 59.5. The average molecular weight is 1700 g/mol. The molecule has 0 radical (unpaired) electrons. The summed E-state index contributed by atoms with van der Waals surface area (Å²) in [5.41, 5.74) is 14.9. The second kappa shape index (κ2) is 33.2. The molecule has 8 aromatic rings. The van der Waals surface area contributed by atoms with Crippen LogP contribution in [0.15, 0.2) is 188 Å². The molecule has 1 amide bonds. The number of fused-ring (bicyclic) bond motifs is 24. The fraction of sp³-hybridized carbons (Fsp3) is 0.620. The minimum absolute atomic E-state index is 0.113. The topological polar surface area (TPSA) is 77.5 Å². The first-order chi connectivity index (χ1) is 61.2. The van der Waals surface area contributed by atoms with Crippen LogP contribution in [0, 0.1) is 132 Å². The number of nitrogens with one attached hydrogen (secondary N) is 2. The molecule has 6 heteroatoms. The van der Waals surface area contributed by atoms with Crippen LogP contribution >= 0.6 is 0 Å². The van der Waals surface area contributed by atoms with Crippen molar-refractivity contribution in [2.45, 2.75) is 317 Å². The van der Waals surface area contributed by atoms with Crippen molar-refractivity contribution in [1.29, 1.82) is 0 Å². The Balaban J connectivity index is 0.000000103. The second-order valence-electron chi connectivity index (χ2n) is 48.6. The monoisotopic (exact) mass is 1700 g/mol. The lowest BCUT2D eigenvalue weighted by molar-refractivity contribution is -0.168. The zero-order chi connectivity index (χ0) is 87.5. The standard InChI is InChI=1S/C33H45NO.C30H41N.C30H39N.C28H33NO/c1-22(35)34(5)27-15-18-31(2)26(21-27)14-17-33(4)29-13-12-28(32(29,3)19-16-30(31)33)25-11-10-23-8-6-7-9-24(23)20-25;2*1-29-16-14-24(31-3)19-23(29)10-11-25-27-13-12-26(30(27,2)17-15-28(25)29)22-9-8-20-6-4-5-7-21(20)18-22;1-27-12-9-22(30)16-21(27)5-6-23-25-8-7-24(28(25,2)13-10-26(23)27)19-3-4-20-17-29-14-11-18(20)15-19/h6-11,20,26-30H,12-19,21H2,1-5H3;4-9,18,23-28,31H,10-17,19H2,1-3H3;4-9,12,18,23-25,27-28,31H,10-11,13-17,19H2,1-3H3;3-5,7,11,14-15,17,22-23,25-26,30H,6,8-10,12-13,16H2,1-2H3/t26-,27-,28+,29+,30+,31-,32+,33-;23-,24-,25-,26+,27-,28-,29-,30+;23-,24-,25-,27-,28-,29-,30+;22-,23-,25-,26?,27-,28+/m0000/s1. The maximum Gasteiger partial charge on any atom is 0.219 e. The first kappa shape index (κ1) is 87.0. The lowest BCUT2D eigenvalue weighted by Gasteiger charge is -2.66. The Hall–Kier alpha value is -6.70. The molecule has 7 aromatic carbocycles. The van der Waals surface area contributed by atoms with Gasteiger partial charge in [-0.3, -0.25) is 9.78 Å². The van der Waals surface area contributed by atoms with Crippen LogP contribution in [0.3, 0.4) is 0 Å². The predicted molar refractivity (Wildman–Crippen MR) is 531 cm³/mol. The highest BCUT2D eigenvalue weighted by Crippen LogP contribution is 2.76. The summed E-state index contributed by atoms with van der Waals surface area (Å²) in [6.45, 7) is 25.5. The Morgan fingerprint density at radius 3 is 1.44 bits per heavy atom. The van der Waals surface area contributed by atoms with Crippen molar-refractivity contribution < 1.29 is 9.90 Å². The third-order valence-electron chi connectivity index (χ3n) is 44.0. The van der Waals surface area contributed by atoms with Crippen LogP contribution in [-0.4, -0.2) is 66.3 Å². The number of aliphatic hydroxyl groups excluding tert-OH is 1. The number of pyridine rings is 1. The minimum Gasteiger partial charge on any atom is -0.393 e. The third kappa shape index (κ3) is 14.3. The zero-order valence-electron chi connectivity index (χ0n) is 80.5. The molecule has 0 bridgehead atoms. The van der Waals surface area contributed by atoms with Gasteiger partial charge in [-0.05, 0) is 459 Å². The molecule has 127 heavy (non-hydrogen) atoms. The van der Waals surface area contributed by atoms with Gasteiger partial charge in [0, 0.05) is 49.9 Å². The lowest BCUT2D eigenvalue weighted by Crippen LogP contribution is -2.59. The van der Waals surface area contributed by atoms with E-state index < -0.39 is 0 Å². The van der Waals surface area contributed by atoms with Crippen LogP contribution in [0.1, 0.15) is 315 Å². The Bertz CT molecular complexity index is 5490. The quantitative estimate of drug-likeness (QED) is 0.139. The van der Waals surface area contributed by atoms with Gasteiger partial charge in [0.2, 0.25) is 5.91 Å². The molecule has 24 rings (SSSR count). The number of carbonyl (C=O) groups excluding carboxylic acids is 1. The second-order valence-corrected chi connectivity index (χ2v) is 48.6. The zero-order valence-corrected chi connectivity index (χ0v) is 80.5. The first-order valence-corrected chi connectivity index (χ1v) is 52.4. The molecular formula is C121H158N4O2. The number of benzene rings is 7. The van der Waals surface area contributed by atoms with Gasteiger partial charge in [0.25, 0.3) is 0 Å². The predicted octanol–water partition coefficient (Wildman–Crippen LogP) is 29.8. The molecule has 0 aliphatic heterocycles. The minimum atomic E-state index is -0.113. The van der Waals surface area contributed by atoms with E-state index in [0.29, 0.717) is 55.3 Å². The van der Waals surface area contributed by atoms with Gasteiger partial charge >= 0.3 is 0 Å². The molecule has 1 unspecified atom stereocenters. The van der Waals surface area contributed by atoms with Gasteiger partial charge in [-0.2, -0.15) is 0 Å². The lowest BCUT2D eigenvalue weighted by atomic mass is 9.39. The summed E-state index contributed by atoms with van der Waals surface area (Å²) in [6.07, 6.45) is 56.0. The van der Waals surface area contributed by atoms with E-state index >= 15 is 0 Å². The van der Waals surface area contributed by atoms with Gasteiger partial charge in [0.05, 0.1) is 6.10 Å². The molecule has 3 N–H and O–H groups in total. The molecule has 674 valence electrons. The van der Waals surface area contributed by atoms with Gasteiger partial charge < -0.3 is 20.6 Å². The Kier molecular flexibility index (Phi) is 22.7. The number of nitrogens with zero attached hydrogens (tertiary/aromatic N) is 2. The molecule has 1 heterocycles. The van der Waals surface area contributed by atoms with Crippen LogP contribution in [-0.2, 0) is 4.79 Å². The van der Waals surface area contributed by atoms with Crippen molar-refractivity contribution >= 4 is 60.1 Å². The highest BCUT2D eigenvalue weighted by atomic mass is 16.3. The van der Waals surface area contributed by atoms with Crippen molar-refractivity contribution in [3.63, 3.8) is 0 Å². The summed E-state index contributed by atoms with van der Waals surface area (Å²) in [5, 5.41) is 28.3. The highest BCUT2D eigenvalue weighted by molar-refractivity contribution is 5.89. The molecule has 6 nitrogen and oxygen atoms in total. The number of hydrogen-bond acceptors (Lipinski definition) is 5. The third-order valence-corrected chi connectivity index (χ3v) is 44.0. The van der Waals surface area contributed by atoms with E-state index in [1.165, 1.54) is 253 Å². The van der Waals surface area contributed by atoms with Gasteiger partial charge in [-0.25, -0.2) is 0 Å². The number of carbonyl (C=O) groups is 1. The van der Waals surface area contributed by atoms with Crippen molar-refractivity contribution in [3.8, 4) is 0 Å². The number of amides is 1. The fourth-order valence-electron chi connectivity index (χ4n) is 36.8. The van der Waals surface area contributed by atoms with Crippen molar-refractivity contribution in [1.82, 2.24) is 20.5 Å². The maximum absolute atomic E-state index is 12.1. The van der Waals surface area contributed by atoms with Crippen LogP contribution in [0.5, 0.6) is 0 Å². The Morgan fingerprint density at radius 1 is 0.378 bits per heavy atom. The number of rotatable bonds is 7. The van der Waals surface area contributed by atoms with Gasteiger partial charge in [0.15, 0.2) is 0 Å². The van der Waals surface area contributed by atoms with Gasteiger partial charge in [-0.15, -0.1) is 0 Å². The van der Waals surface area contributed by atoms with Crippen LogP contribution in [0.25, 0.3) is 54.2 Å². The molecule has 0 saturated heterocycles. The van der Waals surface area contributed by atoms with E-state index in [0.717, 1.165) is 114 Å². The fourth-order valence-corrected chi connectivity index (χ4v) is 36.8. The normalized spacial score (nSPS) is 42.4. The summed E-state index contributed by atoms with van der Waals surface area (Å²) >= 11 is 0. The van der Waals surface area contributed by atoms with Crippen LogP contribution in [0.4, 0.5) is 0 Å². The van der Waals surface area contributed by atoms with E-state index in [9.17, 15) is 9.90 Å². The van der Waals surface area contributed by atoms with Gasteiger partial charge in [0.1, 0.15) is 0 Å². The van der Waals surface area contributed by atoms with E-state index in [4.69, 9.17) is 0 Å². The van der Waals surface area contributed by atoms with Crippen LogP contribution in [0.2, 0.25) is 0 Å². The molecule has 13 fully saturated rings. The van der Waals surface area contributed by atoms with Crippen LogP contribution < -0.4 is 10.6 Å². The number of aromatic nitrogens is 1. The smallest absolute Gasteiger partial charge is 0.219 e. The summed E-state index contributed by atoms with van der Waals surface area (Å²) in [7, 11) is 6.38. The molecule has 16 aliphatic carbocycles. The number of allylic oxidation sites excluding steroid dienone is 5. The summed E-state index contributed by atoms with van der Waals surface area (Å²) < 4.78 is 0. The molecule has 16 aliphatic rings. The van der Waals surface area contributed by atoms with Crippen molar-refractivity contribution in [2.24, 2.45) is 132 Å². The highest BCUT2D eigenvalue weighted by Gasteiger charge is 2.67. The Labute approximate surface area is 765 Å². The van der Waals surface area contributed by atoms with E-state index in [1.54, 1.807) is 34.8 Å². The molecule has 13 saturated carbocycles. The van der Waals surface area contributed by atoms with Crippen molar-refractivity contribution in [3.05, 3.63) is 210 Å². The summed E-state index contributed by atoms with van der Waals surface area (Å²) in [5.74, 6) is 14.0. The molecule has 0 spiro atoms. The van der Waals surface area contributed by atoms with E-state index in [2.05, 4.69) is 262 Å².